The van der Waals surface area contributed by atoms with Crippen LogP contribution in [0.5, 0.6) is 0 Å². The lowest BCUT2D eigenvalue weighted by Crippen LogP contribution is -2.39. The lowest BCUT2D eigenvalue weighted by Gasteiger charge is -2.20. The molecule has 80 valence electrons. The van der Waals surface area contributed by atoms with Gasteiger partial charge in [0.05, 0.1) is 0 Å². The summed E-state index contributed by atoms with van der Waals surface area (Å²) in [6.45, 7) is 4.40. The summed E-state index contributed by atoms with van der Waals surface area (Å²) in [7, 11) is 0. The van der Waals surface area contributed by atoms with E-state index in [0.717, 1.165) is 13.0 Å². The smallest absolute Gasteiger partial charge is 0.314 e. The third kappa shape index (κ3) is 2.61. The molecule has 1 heterocycles. The van der Waals surface area contributed by atoms with E-state index in [1.165, 1.54) is 0 Å². The summed E-state index contributed by atoms with van der Waals surface area (Å²) >= 11 is 0. The molecule has 0 aromatic heterocycles. The second kappa shape index (κ2) is 4.83. The van der Waals surface area contributed by atoms with Crippen LogP contribution >= 0.6 is 0 Å². The fraction of sp³-hybridized carbons (Fsp3) is 0.778. The molecule has 1 aliphatic heterocycles. The van der Waals surface area contributed by atoms with Crippen LogP contribution in [0, 0.1) is 0 Å². The second-order valence-corrected chi connectivity index (χ2v) is 3.41. The van der Waals surface area contributed by atoms with Crippen molar-refractivity contribution in [2.24, 2.45) is 5.73 Å². The van der Waals surface area contributed by atoms with Crippen LogP contribution in [0.15, 0.2) is 0 Å². The van der Waals surface area contributed by atoms with Crippen LogP contribution in [0.2, 0.25) is 0 Å². The molecule has 3 amide bonds. The Morgan fingerprint density at radius 3 is 2.29 bits per heavy atom. The number of hydrogen-bond donors (Lipinski definition) is 1. The molecule has 0 unspecified atom stereocenters. The average Bonchev–Trinajstić information content (AvgIpc) is 2.41. The highest BCUT2D eigenvalue weighted by Gasteiger charge is 2.19. The van der Waals surface area contributed by atoms with Crippen molar-refractivity contribution in [2.45, 2.75) is 19.8 Å². The highest BCUT2D eigenvalue weighted by Crippen LogP contribution is 2.04. The number of nitrogens with two attached hydrogens (primary N) is 1. The SMILES string of the molecule is CCC(=O)N1CCCN(C(N)=O)CC1. The summed E-state index contributed by atoms with van der Waals surface area (Å²) in [6.07, 6.45) is 1.34. The molecule has 5 heteroatoms. The minimum absolute atomic E-state index is 0.149. The van der Waals surface area contributed by atoms with E-state index in [1.807, 2.05) is 6.92 Å². The summed E-state index contributed by atoms with van der Waals surface area (Å²) < 4.78 is 0. The highest BCUT2D eigenvalue weighted by molar-refractivity contribution is 5.76. The Morgan fingerprint density at radius 1 is 1.14 bits per heavy atom. The lowest BCUT2D eigenvalue weighted by atomic mass is 10.3. The van der Waals surface area contributed by atoms with Crippen molar-refractivity contribution in [2.75, 3.05) is 26.2 Å². The van der Waals surface area contributed by atoms with E-state index in [4.69, 9.17) is 5.73 Å². The molecule has 0 atom stereocenters. The Morgan fingerprint density at radius 2 is 1.71 bits per heavy atom. The van der Waals surface area contributed by atoms with Gasteiger partial charge in [-0.25, -0.2) is 4.79 Å². The van der Waals surface area contributed by atoms with Crippen molar-refractivity contribution >= 4 is 11.9 Å². The van der Waals surface area contributed by atoms with Crippen molar-refractivity contribution in [1.82, 2.24) is 9.80 Å². The van der Waals surface area contributed by atoms with E-state index < -0.39 is 6.03 Å². The van der Waals surface area contributed by atoms with Gasteiger partial charge in [-0.15, -0.1) is 0 Å². The van der Waals surface area contributed by atoms with Crippen molar-refractivity contribution < 1.29 is 9.59 Å². The van der Waals surface area contributed by atoms with E-state index in [1.54, 1.807) is 9.80 Å². The Kier molecular flexibility index (Phi) is 3.73. The molecule has 0 radical (unpaired) electrons. The van der Waals surface area contributed by atoms with Gasteiger partial charge in [0.1, 0.15) is 0 Å². The van der Waals surface area contributed by atoms with Crippen LogP contribution in [0.25, 0.3) is 0 Å². The number of carbonyl (C=O) groups excluding carboxylic acids is 2. The van der Waals surface area contributed by atoms with E-state index in [9.17, 15) is 9.59 Å². The van der Waals surface area contributed by atoms with Gasteiger partial charge in [-0.05, 0) is 6.42 Å². The van der Waals surface area contributed by atoms with Crippen molar-refractivity contribution in [3.05, 3.63) is 0 Å². The Hall–Kier alpha value is -1.26. The number of carbonyl (C=O) groups is 2. The molecule has 2 N–H and O–H groups in total. The van der Waals surface area contributed by atoms with Crippen molar-refractivity contribution in [3.8, 4) is 0 Å². The highest BCUT2D eigenvalue weighted by atomic mass is 16.2. The molecule has 0 aromatic rings. The van der Waals surface area contributed by atoms with Crippen LogP contribution in [0.4, 0.5) is 4.79 Å². The second-order valence-electron chi connectivity index (χ2n) is 3.41. The molecule has 0 aliphatic carbocycles. The van der Waals surface area contributed by atoms with Crippen molar-refractivity contribution in [1.29, 1.82) is 0 Å². The zero-order valence-corrected chi connectivity index (χ0v) is 8.53. The topological polar surface area (TPSA) is 66.6 Å². The summed E-state index contributed by atoms with van der Waals surface area (Å²) in [4.78, 5) is 25.7. The molecule has 0 bridgehead atoms. The van der Waals surface area contributed by atoms with E-state index >= 15 is 0 Å². The van der Waals surface area contributed by atoms with Gasteiger partial charge in [0.2, 0.25) is 5.91 Å². The summed E-state index contributed by atoms with van der Waals surface area (Å²) in [5, 5.41) is 0. The number of amides is 3. The van der Waals surface area contributed by atoms with Gasteiger partial charge in [0.25, 0.3) is 0 Å². The van der Waals surface area contributed by atoms with Gasteiger partial charge in [-0.2, -0.15) is 0 Å². The van der Waals surface area contributed by atoms with Gasteiger partial charge in [0, 0.05) is 32.6 Å². The number of hydrogen-bond acceptors (Lipinski definition) is 2. The van der Waals surface area contributed by atoms with Crippen LogP contribution < -0.4 is 5.73 Å². The van der Waals surface area contributed by atoms with Gasteiger partial charge in [0.15, 0.2) is 0 Å². The van der Waals surface area contributed by atoms with Crippen LogP contribution in [0.3, 0.4) is 0 Å². The maximum Gasteiger partial charge on any atom is 0.314 e. The minimum atomic E-state index is -0.393. The lowest BCUT2D eigenvalue weighted by molar-refractivity contribution is -0.130. The first-order valence-electron chi connectivity index (χ1n) is 4.97. The molecule has 0 saturated carbocycles. The predicted molar refractivity (Wildman–Crippen MR) is 52.6 cm³/mol. The first-order chi connectivity index (χ1) is 6.65. The van der Waals surface area contributed by atoms with Crippen LogP contribution in [0.1, 0.15) is 19.8 Å². The maximum atomic E-state index is 11.4. The van der Waals surface area contributed by atoms with Crippen LogP contribution in [-0.2, 0) is 4.79 Å². The summed E-state index contributed by atoms with van der Waals surface area (Å²) in [5.41, 5.74) is 5.17. The predicted octanol–water partition coefficient (Wildman–Crippen LogP) is 0.00940. The molecule has 1 fully saturated rings. The van der Waals surface area contributed by atoms with E-state index in [2.05, 4.69) is 0 Å². The zero-order valence-electron chi connectivity index (χ0n) is 8.53. The first kappa shape index (κ1) is 10.8. The zero-order chi connectivity index (χ0) is 10.6. The molecule has 5 nitrogen and oxygen atoms in total. The largest absolute Gasteiger partial charge is 0.351 e. The molecule has 14 heavy (non-hydrogen) atoms. The first-order valence-corrected chi connectivity index (χ1v) is 4.97. The molecular weight excluding hydrogens is 182 g/mol. The number of urea groups is 1. The summed E-state index contributed by atoms with van der Waals surface area (Å²) in [6, 6.07) is -0.393. The maximum absolute atomic E-state index is 11.4. The Balaban J connectivity index is 2.48. The number of primary amides is 1. The fourth-order valence-electron chi connectivity index (χ4n) is 1.61. The van der Waals surface area contributed by atoms with Gasteiger partial charge >= 0.3 is 6.03 Å². The van der Waals surface area contributed by atoms with E-state index in [0.29, 0.717) is 26.1 Å². The minimum Gasteiger partial charge on any atom is -0.351 e. The average molecular weight is 199 g/mol. The number of nitrogens with zero attached hydrogens (tertiary/aromatic N) is 2. The fourth-order valence-corrected chi connectivity index (χ4v) is 1.61. The van der Waals surface area contributed by atoms with Gasteiger partial charge < -0.3 is 15.5 Å². The Bertz CT molecular complexity index is 230. The van der Waals surface area contributed by atoms with E-state index in [-0.39, 0.29) is 5.91 Å². The van der Waals surface area contributed by atoms with Gasteiger partial charge in [-0.1, -0.05) is 6.92 Å². The monoisotopic (exact) mass is 199 g/mol. The molecule has 1 rings (SSSR count). The normalized spacial score (nSPS) is 17.8. The summed E-state index contributed by atoms with van der Waals surface area (Å²) in [5.74, 6) is 0.149. The molecule has 0 spiro atoms. The number of rotatable bonds is 1. The third-order valence-corrected chi connectivity index (χ3v) is 2.46. The Labute approximate surface area is 83.8 Å². The molecule has 1 aliphatic rings. The molecular formula is C9H17N3O2. The van der Waals surface area contributed by atoms with Gasteiger partial charge in [-0.3, -0.25) is 4.79 Å². The standard InChI is InChI=1S/C9H17N3O2/c1-2-8(13)11-4-3-5-12(7-6-11)9(10)14/h2-7H2,1H3,(H2,10,14). The molecule has 0 aromatic carbocycles. The quantitative estimate of drug-likeness (QED) is 0.646. The molecule has 1 saturated heterocycles. The van der Waals surface area contributed by atoms with Crippen LogP contribution in [-0.4, -0.2) is 47.9 Å². The third-order valence-electron chi connectivity index (χ3n) is 2.46. The van der Waals surface area contributed by atoms with Crippen molar-refractivity contribution in [3.63, 3.8) is 0 Å².